The Hall–Kier alpha value is -5.04. The summed E-state index contributed by atoms with van der Waals surface area (Å²) in [5.41, 5.74) is -3.61. The standard InChI is InChI=1S/C39H41F3N8O5/c40-39(41,42)31-28(32(51)48-38(33(52)53)24-14-23-15-25(38)19-36(17-23,18-24)21-43)20-46-35(47-31)50-22-37(6-12-54-13-7-37)29-16-27(2-3-30(29)50)55-26-4-10-49(11-5-26)34-44-8-1-9-45-34/h1-3,8-9,16,20,23-26H,4-7,10-15,17-19,22H2,(H,48,51)(H,52,53)/t23-,24-,25+,36-,38+. The fourth-order valence-electron chi connectivity index (χ4n) is 10.8. The van der Waals surface area contributed by atoms with E-state index in [4.69, 9.17) is 9.47 Å². The van der Waals surface area contributed by atoms with Crippen LogP contribution >= 0.6 is 0 Å². The highest BCUT2D eigenvalue weighted by Crippen LogP contribution is 2.63. The van der Waals surface area contributed by atoms with Crippen molar-refractivity contribution in [1.82, 2.24) is 25.3 Å². The Bertz CT molecular complexity index is 2030. The zero-order valence-electron chi connectivity index (χ0n) is 30.1. The lowest BCUT2D eigenvalue weighted by atomic mass is 9.44. The number of nitriles is 1. The van der Waals surface area contributed by atoms with E-state index in [1.807, 2.05) is 18.2 Å². The number of alkyl halides is 3. The van der Waals surface area contributed by atoms with Gasteiger partial charge in [0.2, 0.25) is 11.9 Å². The van der Waals surface area contributed by atoms with Gasteiger partial charge in [-0.1, -0.05) is 0 Å². The maximum atomic E-state index is 14.8. The monoisotopic (exact) mass is 758 g/mol. The van der Waals surface area contributed by atoms with Crippen molar-refractivity contribution < 1.29 is 37.3 Å². The number of carboxylic acids is 1. The molecule has 4 bridgehead atoms. The van der Waals surface area contributed by atoms with Crippen LogP contribution in [0.1, 0.15) is 79.4 Å². The van der Waals surface area contributed by atoms with Crippen LogP contribution in [-0.2, 0) is 21.1 Å². The predicted molar refractivity (Wildman–Crippen MR) is 190 cm³/mol. The number of hydrogen-bond donors (Lipinski definition) is 2. The maximum absolute atomic E-state index is 14.8. The van der Waals surface area contributed by atoms with Gasteiger partial charge in [0.25, 0.3) is 5.91 Å². The van der Waals surface area contributed by atoms with Crippen molar-refractivity contribution in [2.45, 2.75) is 81.0 Å². The molecule has 4 aliphatic carbocycles. The van der Waals surface area contributed by atoms with Crippen LogP contribution in [0.3, 0.4) is 0 Å². The largest absolute Gasteiger partial charge is 0.490 e. The molecular formula is C39H41F3N8O5. The summed E-state index contributed by atoms with van der Waals surface area (Å²) in [5.74, 6) is -2.34. The molecular weight excluding hydrogens is 717 g/mol. The molecule has 0 unspecified atom stereocenters. The van der Waals surface area contributed by atoms with E-state index in [0.717, 1.165) is 37.7 Å². The molecule has 0 radical (unpaired) electrons. The van der Waals surface area contributed by atoms with E-state index in [1.54, 1.807) is 23.4 Å². The second-order valence-electron chi connectivity index (χ2n) is 16.3. The maximum Gasteiger partial charge on any atom is 0.434 e. The van der Waals surface area contributed by atoms with Crippen molar-refractivity contribution in [1.29, 1.82) is 5.26 Å². The average Bonchev–Trinajstić information content (AvgIpc) is 3.48. The number of carbonyl (C=O) groups is 2. The first-order valence-corrected chi connectivity index (χ1v) is 19.0. The minimum Gasteiger partial charge on any atom is -0.490 e. The molecule has 55 heavy (non-hydrogen) atoms. The number of rotatable bonds is 7. The van der Waals surface area contributed by atoms with Crippen LogP contribution < -0.4 is 19.9 Å². The number of hydrogen-bond acceptors (Lipinski definition) is 11. The second kappa shape index (κ2) is 13.0. The van der Waals surface area contributed by atoms with Crippen molar-refractivity contribution in [3.05, 3.63) is 59.7 Å². The van der Waals surface area contributed by atoms with Crippen molar-refractivity contribution in [3.63, 3.8) is 0 Å². The fourth-order valence-corrected chi connectivity index (χ4v) is 10.8. The lowest BCUT2D eigenvalue weighted by molar-refractivity contribution is -0.167. The molecule has 2 N–H and O–H groups in total. The summed E-state index contributed by atoms with van der Waals surface area (Å²) < 4.78 is 56.7. The molecule has 7 aliphatic rings. The van der Waals surface area contributed by atoms with Gasteiger partial charge in [0.15, 0.2) is 5.69 Å². The quantitative estimate of drug-likeness (QED) is 0.314. The lowest BCUT2D eigenvalue weighted by Crippen LogP contribution is -2.71. The van der Waals surface area contributed by atoms with Crippen molar-refractivity contribution >= 4 is 29.5 Å². The third-order valence-electron chi connectivity index (χ3n) is 13.2. The first-order chi connectivity index (χ1) is 26.4. The number of anilines is 3. The van der Waals surface area contributed by atoms with Gasteiger partial charge >= 0.3 is 12.1 Å². The summed E-state index contributed by atoms with van der Waals surface area (Å²) in [4.78, 5) is 47.7. The number of nitrogens with one attached hydrogen (secondary N) is 1. The van der Waals surface area contributed by atoms with E-state index in [-0.39, 0.29) is 30.8 Å². The van der Waals surface area contributed by atoms with Gasteiger partial charge in [0.1, 0.15) is 17.4 Å². The molecule has 5 heterocycles. The zero-order valence-corrected chi connectivity index (χ0v) is 30.1. The molecule has 10 rings (SSSR count). The first-order valence-electron chi connectivity index (χ1n) is 19.0. The number of amides is 1. The second-order valence-corrected chi connectivity index (χ2v) is 16.3. The summed E-state index contributed by atoms with van der Waals surface area (Å²) in [7, 11) is 0. The predicted octanol–water partition coefficient (Wildman–Crippen LogP) is 5.44. The summed E-state index contributed by atoms with van der Waals surface area (Å²) in [6.07, 6.45) is 4.25. The normalized spacial score (nSPS) is 29.5. The number of ether oxygens (including phenoxy) is 2. The number of aromatic nitrogens is 4. The van der Waals surface area contributed by atoms with Gasteiger partial charge < -0.3 is 29.7 Å². The van der Waals surface area contributed by atoms with Crippen LogP contribution in [0, 0.1) is 34.5 Å². The SMILES string of the molecule is N#C[C@]12C[C@@H]3C[C@H](C1)[C@@](NC(=O)c1cnc(N4CC5(CCOCC5)c5cc(OC6CCN(c7ncccn7)CC6)ccc54)nc1C(F)(F)F)(C(=O)O)[C@@H](C3)C2. The molecule has 16 heteroatoms. The molecule has 4 saturated carbocycles. The summed E-state index contributed by atoms with van der Waals surface area (Å²) in [6, 6.07) is 9.80. The molecule has 288 valence electrons. The van der Waals surface area contributed by atoms with Gasteiger partial charge in [0.05, 0.1) is 17.0 Å². The molecule has 13 nitrogen and oxygen atoms in total. The minimum absolute atomic E-state index is 0.0378. The van der Waals surface area contributed by atoms with Gasteiger partial charge in [-0.05, 0) is 92.5 Å². The highest BCUT2D eigenvalue weighted by atomic mass is 19.4. The van der Waals surface area contributed by atoms with Crippen LogP contribution in [0.4, 0.5) is 30.8 Å². The summed E-state index contributed by atoms with van der Waals surface area (Å²) >= 11 is 0. The molecule has 1 spiro atoms. The van der Waals surface area contributed by atoms with E-state index < -0.39 is 57.5 Å². The van der Waals surface area contributed by atoms with E-state index in [0.29, 0.717) is 69.2 Å². The number of carbonyl (C=O) groups excluding carboxylic acids is 1. The van der Waals surface area contributed by atoms with Gasteiger partial charge in [-0.2, -0.15) is 18.4 Å². The smallest absolute Gasteiger partial charge is 0.434 e. The number of benzene rings is 1. The Kier molecular flexibility index (Phi) is 8.45. The van der Waals surface area contributed by atoms with Crippen molar-refractivity contribution in [2.24, 2.45) is 23.2 Å². The van der Waals surface area contributed by atoms with Crippen LogP contribution in [0.25, 0.3) is 0 Å². The van der Waals surface area contributed by atoms with E-state index in [1.165, 1.54) is 0 Å². The van der Waals surface area contributed by atoms with Gasteiger partial charge in [-0.25, -0.2) is 24.7 Å². The number of aliphatic carboxylic acids is 1. The molecule has 3 aliphatic heterocycles. The topological polar surface area (TPSA) is 167 Å². The highest BCUT2D eigenvalue weighted by molar-refractivity contribution is 5.99. The Morgan fingerprint density at radius 3 is 2.38 bits per heavy atom. The molecule has 1 amide bonds. The van der Waals surface area contributed by atoms with Crippen molar-refractivity contribution in [3.8, 4) is 11.8 Å². The third-order valence-corrected chi connectivity index (χ3v) is 13.2. The number of piperidine rings is 1. The van der Waals surface area contributed by atoms with Crippen LogP contribution in [0.15, 0.2) is 42.9 Å². The molecule has 6 fully saturated rings. The van der Waals surface area contributed by atoms with E-state index in [9.17, 15) is 33.1 Å². The molecule has 5 atom stereocenters. The van der Waals surface area contributed by atoms with Crippen molar-refractivity contribution in [2.75, 3.05) is 42.6 Å². The Morgan fingerprint density at radius 2 is 1.73 bits per heavy atom. The van der Waals surface area contributed by atoms with E-state index in [2.05, 4.69) is 36.2 Å². The minimum atomic E-state index is -5.05. The Balaban J connectivity index is 0.991. The van der Waals surface area contributed by atoms with E-state index >= 15 is 0 Å². The number of nitrogens with zero attached hydrogens (tertiary/aromatic N) is 7. The Labute approximate surface area is 315 Å². The third kappa shape index (κ3) is 5.93. The number of fused-ring (bicyclic) bond motifs is 2. The summed E-state index contributed by atoms with van der Waals surface area (Å²) in [5, 5.41) is 23.1. The van der Waals surface area contributed by atoms with Crippen LogP contribution in [-0.4, -0.2) is 81.4 Å². The van der Waals surface area contributed by atoms with Crippen LogP contribution in [0.2, 0.25) is 0 Å². The van der Waals surface area contributed by atoms with Crippen LogP contribution in [0.5, 0.6) is 5.75 Å². The highest BCUT2D eigenvalue weighted by Gasteiger charge is 2.66. The fraction of sp³-hybridized carbons (Fsp3) is 0.564. The van der Waals surface area contributed by atoms with Gasteiger partial charge in [-0.3, -0.25) is 4.79 Å². The molecule has 3 aromatic rings. The summed E-state index contributed by atoms with van der Waals surface area (Å²) in [6.45, 7) is 2.75. The van der Waals surface area contributed by atoms with Gasteiger partial charge in [-0.15, -0.1) is 0 Å². The zero-order chi connectivity index (χ0) is 38.2. The molecule has 2 aromatic heterocycles. The first kappa shape index (κ1) is 35.6. The van der Waals surface area contributed by atoms with Gasteiger partial charge in [0, 0.05) is 75.4 Å². The average molecular weight is 759 g/mol. The number of carboxylic acid groups (broad SMARTS) is 1. The lowest BCUT2D eigenvalue weighted by Gasteiger charge is -2.61. The Morgan fingerprint density at radius 1 is 1.02 bits per heavy atom. The number of halogens is 3. The molecule has 1 aromatic carbocycles. The molecule has 2 saturated heterocycles.